The van der Waals surface area contributed by atoms with Crippen molar-refractivity contribution < 1.29 is 23.9 Å². The van der Waals surface area contributed by atoms with Crippen LogP contribution in [-0.4, -0.2) is 43.8 Å². The SMILES string of the molecule is COC(=O)C1=NN(c2ccccc2)[C@@H]2C(=O)N(c3ccccc3OC)C(=O)[C@H]12. The van der Waals surface area contributed by atoms with Crippen molar-refractivity contribution in [2.45, 2.75) is 6.04 Å². The lowest BCUT2D eigenvalue weighted by molar-refractivity contribution is -0.133. The van der Waals surface area contributed by atoms with Gasteiger partial charge in [-0.25, -0.2) is 9.69 Å². The number of benzene rings is 2. The van der Waals surface area contributed by atoms with Crippen LogP contribution >= 0.6 is 0 Å². The highest BCUT2D eigenvalue weighted by Crippen LogP contribution is 2.40. The summed E-state index contributed by atoms with van der Waals surface area (Å²) in [5.74, 6) is -2.43. The number of hydrogen-bond donors (Lipinski definition) is 0. The fraction of sp³-hybridized carbons (Fsp3) is 0.200. The van der Waals surface area contributed by atoms with Gasteiger partial charge >= 0.3 is 5.97 Å². The van der Waals surface area contributed by atoms with E-state index < -0.39 is 29.7 Å². The molecular weight excluding hydrogens is 362 g/mol. The summed E-state index contributed by atoms with van der Waals surface area (Å²) in [5.41, 5.74) is 0.832. The summed E-state index contributed by atoms with van der Waals surface area (Å²) < 4.78 is 10.1. The van der Waals surface area contributed by atoms with Crippen molar-refractivity contribution in [2.24, 2.45) is 11.0 Å². The molecule has 1 saturated heterocycles. The third-order valence-electron chi connectivity index (χ3n) is 4.79. The fourth-order valence-corrected chi connectivity index (χ4v) is 3.53. The largest absolute Gasteiger partial charge is 0.495 e. The number of nitrogens with zero attached hydrogens (tertiary/aromatic N) is 3. The number of carbonyl (C=O) groups excluding carboxylic acids is 3. The summed E-state index contributed by atoms with van der Waals surface area (Å²) in [4.78, 5) is 39.8. The van der Waals surface area contributed by atoms with Crippen LogP contribution < -0.4 is 14.6 Å². The summed E-state index contributed by atoms with van der Waals surface area (Å²) in [6.45, 7) is 0. The van der Waals surface area contributed by atoms with E-state index >= 15 is 0 Å². The lowest BCUT2D eigenvalue weighted by atomic mass is 9.98. The molecule has 0 unspecified atom stereocenters. The molecule has 0 aromatic heterocycles. The Kier molecular flexibility index (Phi) is 4.31. The molecule has 0 spiro atoms. The highest BCUT2D eigenvalue weighted by Gasteiger charge is 2.59. The topological polar surface area (TPSA) is 88.5 Å². The molecule has 142 valence electrons. The van der Waals surface area contributed by atoms with Gasteiger partial charge in [0.15, 0.2) is 5.71 Å². The van der Waals surface area contributed by atoms with Gasteiger partial charge in [-0.2, -0.15) is 5.10 Å². The molecule has 2 aliphatic heterocycles. The summed E-state index contributed by atoms with van der Waals surface area (Å²) in [5, 5.41) is 5.67. The van der Waals surface area contributed by atoms with E-state index in [1.54, 1.807) is 48.5 Å². The predicted molar refractivity (Wildman–Crippen MR) is 101 cm³/mol. The Morgan fingerprint density at radius 3 is 2.32 bits per heavy atom. The Bertz CT molecular complexity index is 988. The van der Waals surface area contributed by atoms with Gasteiger partial charge in [-0.05, 0) is 24.3 Å². The van der Waals surface area contributed by atoms with Gasteiger partial charge in [-0.3, -0.25) is 14.6 Å². The first-order chi connectivity index (χ1) is 13.6. The standard InChI is InChI=1S/C20H17N3O5/c1-27-14-11-7-6-10-13(14)22-18(24)15-16(20(26)28-2)21-23(17(15)19(22)25)12-8-4-3-5-9-12/h3-11,15,17H,1-2H3/t15-,17+/m1/s1. The van der Waals surface area contributed by atoms with Crippen molar-refractivity contribution in [3.05, 3.63) is 54.6 Å². The number of anilines is 2. The zero-order chi connectivity index (χ0) is 19.8. The van der Waals surface area contributed by atoms with Crippen LogP contribution in [0.3, 0.4) is 0 Å². The van der Waals surface area contributed by atoms with Gasteiger partial charge in [0.25, 0.3) is 5.91 Å². The maximum Gasteiger partial charge on any atom is 0.355 e. The zero-order valence-electron chi connectivity index (χ0n) is 15.2. The zero-order valence-corrected chi connectivity index (χ0v) is 15.2. The molecule has 0 bridgehead atoms. The normalized spacial score (nSPS) is 20.9. The lowest BCUT2D eigenvalue weighted by Crippen LogP contribution is -2.39. The van der Waals surface area contributed by atoms with Crippen LogP contribution in [0.1, 0.15) is 0 Å². The van der Waals surface area contributed by atoms with Crippen molar-refractivity contribution in [1.82, 2.24) is 0 Å². The molecule has 28 heavy (non-hydrogen) atoms. The average molecular weight is 379 g/mol. The van der Waals surface area contributed by atoms with Gasteiger partial charge < -0.3 is 9.47 Å². The van der Waals surface area contributed by atoms with Crippen molar-refractivity contribution in [2.75, 3.05) is 24.1 Å². The Balaban J connectivity index is 1.82. The van der Waals surface area contributed by atoms with Crippen LogP contribution in [0, 0.1) is 5.92 Å². The van der Waals surface area contributed by atoms with Crippen LogP contribution in [0.4, 0.5) is 11.4 Å². The molecule has 8 nitrogen and oxygen atoms in total. The highest BCUT2D eigenvalue weighted by molar-refractivity contribution is 6.47. The molecule has 0 radical (unpaired) electrons. The van der Waals surface area contributed by atoms with E-state index in [-0.39, 0.29) is 5.71 Å². The molecule has 4 rings (SSSR count). The molecule has 2 amide bonds. The molecule has 0 N–H and O–H groups in total. The number of hydrazone groups is 1. The highest BCUT2D eigenvalue weighted by atomic mass is 16.5. The number of fused-ring (bicyclic) bond motifs is 1. The third-order valence-corrected chi connectivity index (χ3v) is 4.79. The summed E-state index contributed by atoms with van der Waals surface area (Å²) in [7, 11) is 2.67. The number of methoxy groups -OCH3 is 2. The lowest BCUT2D eigenvalue weighted by Gasteiger charge is -2.22. The number of ether oxygens (including phenoxy) is 2. The Morgan fingerprint density at radius 1 is 0.964 bits per heavy atom. The van der Waals surface area contributed by atoms with Gasteiger partial charge in [0.05, 0.1) is 25.6 Å². The number of amides is 2. The Labute approximate surface area is 160 Å². The van der Waals surface area contributed by atoms with Gasteiger partial charge in [0, 0.05) is 0 Å². The van der Waals surface area contributed by atoms with E-state index in [0.717, 1.165) is 4.90 Å². The smallest absolute Gasteiger partial charge is 0.355 e. The number of esters is 1. The van der Waals surface area contributed by atoms with Crippen LogP contribution in [0.25, 0.3) is 0 Å². The van der Waals surface area contributed by atoms with E-state index in [1.165, 1.54) is 19.2 Å². The number of hydrogen-bond acceptors (Lipinski definition) is 7. The molecule has 0 aliphatic carbocycles. The summed E-state index contributed by atoms with van der Waals surface area (Å²) in [6.07, 6.45) is 0. The second-order valence-corrected chi connectivity index (χ2v) is 6.26. The molecule has 2 aromatic rings. The van der Waals surface area contributed by atoms with Crippen LogP contribution in [0.5, 0.6) is 5.75 Å². The Hall–Kier alpha value is -3.68. The van der Waals surface area contributed by atoms with E-state index in [0.29, 0.717) is 17.1 Å². The van der Waals surface area contributed by atoms with Crippen LogP contribution in [-0.2, 0) is 19.1 Å². The average Bonchev–Trinajstić information content (AvgIpc) is 3.25. The first kappa shape index (κ1) is 17.7. The molecule has 2 heterocycles. The summed E-state index contributed by atoms with van der Waals surface area (Å²) >= 11 is 0. The molecule has 2 aromatic carbocycles. The van der Waals surface area contributed by atoms with Crippen molar-refractivity contribution in [3.63, 3.8) is 0 Å². The van der Waals surface area contributed by atoms with E-state index in [2.05, 4.69) is 5.10 Å². The summed E-state index contributed by atoms with van der Waals surface area (Å²) in [6, 6.07) is 14.7. The van der Waals surface area contributed by atoms with E-state index in [1.807, 2.05) is 6.07 Å². The van der Waals surface area contributed by atoms with Crippen LogP contribution in [0.15, 0.2) is 59.7 Å². The van der Waals surface area contributed by atoms with Crippen molar-refractivity contribution in [1.29, 1.82) is 0 Å². The van der Waals surface area contributed by atoms with Gasteiger partial charge in [0.1, 0.15) is 17.7 Å². The first-order valence-electron chi connectivity index (χ1n) is 8.60. The van der Waals surface area contributed by atoms with Gasteiger partial charge in [0.2, 0.25) is 5.91 Å². The predicted octanol–water partition coefficient (Wildman–Crippen LogP) is 1.60. The van der Waals surface area contributed by atoms with E-state index in [4.69, 9.17) is 9.47 Å². The minimum Gasteiger partial charge on any atom is -0.495 e. The fourth-order valence-electron chi connectivity index (χ4n) is 3.53. The Morgan fingerprint density at radius 2 is 1.64 bits per heavy atom. The minimum atomic E-state index is -1.05. The number of rotatable bonds is 4. The molecular formula is C20H17N3O5. The second kappa shape index (κ2) is 6.80. The van der Waals surface area contributed by atoms with Crippen molar-refractivity contribution >= 4 is 34.9 Å². The molecule has 2 atom stereocenters. The number of imide groups is 1. The monoisotopic (exact) mass is 379 g/mol. The molecule has 8 heteroatoms. The second-order valence-electron chi connectivity index (χ2n) is 6.26. The third kappa shape index (κ3) is 2.53. The number of para-hydroxylation sites is 3. The maximum absolute atomic E-state index is 13.3. The maximum atomic E-state index is 13.3. The van der Waals surface area contributed by atoms with Gasteiger partial charge in [-0.15, -0.1) is 0 Å². The van der Waals surface area contributed by atoms with Crippen molar-refractivity contribution in [3.8, 4) is 5.75 Å². The molecule has 0 saturated carbocycles. The quantitative estimate of drug-likeness (QED) is 0.592. The minimum absolute atomic E-state index is 0.0906. The first-order valence-corrected chi connectivity index (χ1v) is 8.60. The van der Waals surface area contributed by atoms with Crippen LogP contribution in [0.2, 0.25) is 0 Å². The molecule has 1 fully saturated rings. The number of carbonyl (C=O) groups is 3. The van der Waals surface area contributed by atoms with E-state index in [9.17, 15) is 14.4 Å². The van der Waals surface area contributed by atoms with Gasteiger partial charge in [-0.1, -0.05) is 30.3 Å². The molecule has 2 aliphatic rings.